The molecule has 0 radical (unpaired) electrons. The molecule has 1 N–H and O–H groups in total. The number of hydrogen-bond acceptors (Lipinski definition) is 3. The molecule has 0 unspecified atom stereocenters. The zero-order chi connectivity index (χ0) is 18.1. The number of anilines is 1. The highest BCUT2D eigenvalue weighted by Gasteiger charge is 2.09. The van der Waals surface area contributed by atoms with E-state index in [-0.39, 0.29) is 0 Å². The first-order valence-electron chi connectivity index (χ1n) is 9.21. The second-order valence-electron chi connectivity index (χ2n) is 6.45. The van der Waals surface area contributed by atoms with E-state index in [0.29, 0.717) is 0 Å². The zero-order valence-corrected chi connectivity index (χ0v) is 15.8. The molecule has 0 bridgehead atoms. The Labute approximate surface area is 152 Å². The van der Waals surface area contributed by atoms with Gasteiger partial charge in [-0.1, -0.05) is 50.8 Å². The van der Waals surface area contributed by atoms with Crippen molar-refractivity contribution in [2.24, 2.45) is 0 Å². The number of unbranched alkanes of at least 4 members (excludes halogenated alkanes) is 4. The van der Waals surface area contributed by atoms with Crippen molar-refractivity contribution in [3.05, 3.63) is 59.9 Å². The number of hydrogen-bond donors (Lipinski definition) is 1. The maximum Gasteiger partial charge on any atom is 0.138 e. The smallest absolute Gasteiger partial charge is 0.138 e. The van der Waals surface area contributed by atoms with Gasteiger partial charge in [-0.25, -0.2) is 0 Å². The predicted octanol–water partition coefficient (Wildman–Crippen LogP) is 5.84. The number of nitrogens with zero attached hydrogens (tertiary/aromatic N) is 1. The zero-order valence-electron chi connectivity index (χ0n) is 15.8. The number of ether oxygens (including phenoxy) is 1. The highest BCUT2D eigenvalue weighted by molar-refractivity contribution is 5.85. The minimum absolute atomic E-state index is 0.744. The minimum atomic E-state index is 0.744. The largest absolute Gasteiger partial charge is 0.492 e. The summed E-state index contributed by atoms with van der Waals surface area (Å²) in [5, 5.41) is 3.23. The van der Waals surface area contributed by atoms with Gasteiger partial charge in [-0.05, 0) is 37.1 Å². The second kappa shape index (κ2) is 9.87. The molecule has 0 amide bonds. The Morgan fingerprint density at radius 3 is 2.68 bits per heavy atom. The van der Waals surface area contributed by atoms with Gasteiger partial charge in [0.2, 0.25) is 0 Å². The molecule has 3 heteroatoms. The Morgan fingerprint density at radius 2 is 1.92 bits per heavy atom. The van der Waals surface area contributed by atoms with Crippen molar-refractivity contribution in [1.82, 2.24) is 4.98 Å². The highest BCUT2D eigenvalue weighted by atomic mass is 16.5. The van der Waals surface area contributed by atoms with Crippen LogP contribution in [0.2, 0.25) is 0 Å². The average Bonchev–Trinajstić information content (AvgIpc) is 2.64. The maximum absolute atomic E-state index is 5.87. The summed E-state index contributed by atoms with van der Waals surface area (Å²) in [5.74, 6) is 0.813. The van der Waals surface area contributed by atoms with Crippen LogP contribution >= 0.6 is 0 Å². The summed E-state index contributed by atoms with van der Waals surface area (Å²) >= 11 is 0. The van der Waals surface area contributed by atoms with Crippen LogP contribution in [-0.2, 0) is 0 Å². The first-order valence-corrected chi connectivity index (χ1v) is 9.21. The summed E-state index contributed by atoms with van der Waals surface area (Å²) in [5.41, 5.74) is 5.32. The first-order chi connectivity index (χ1) is 12.2. The molecule has 0 aliphatic carbocycles. The van der Waals surface area contributed by atoms with Gasteiger partial charge in [0.05, 0.1) is 12.8 Å². The topological polar surface area (TPSA) is 34.1 Å². The van der Waals surface area contributed by atoms with Crippen LogP contribution in [0.3, 0.4) is 0 Å². The molecule has 2 aromatic rings. The predicted molar refractivity (Wildman–Crippen MR) is 107 cm³/mol. The highest BCUT2D eigenvalue weighted by Crippen LogP contribution is 2.30. The van der Waals surface area contributed by atoms with E-state index in [0.717, 1.165) is 41.2 Å². The van der Waals surface area contributed by atoms with Gasteiger partial charge in [0.25, 0.3) is 0 Å². The molecule has 134 valence electrons. The van der Waals surface area contributed by atoms with Gasteiger partial charge in [-0.2, -0.15) is 0 Å². The van der Waals surface area contributed by atoms with E-state index in [1.165, 1.54) is 31.2 Å². The molecule has 0 atom stereocenters. The van der Waals surface area contributed by atoms with E-state index < -0.39 is 0 Å². The quantitative estimate of drug-likeness (QED) is 0.552. The number of aryl methyl sites for hydroxylation is 1. The van der Waals surface area contributed by atoms with Crippen molar-refractivity contribution in [1.29, 1.82) is 0 Å². The van der Waals surface area contributed by atoms with Crippen LogP contribution in [0.25, 0.3) is 5.57 Å². The molecule has 0 saturated carbocycles. The van der Waals surface area contributed by atoms with Crippen LogP contribution in [-0.4, -0.2) is 18.6 Å². The molecule has 0 saturated heterocycles. The number of rotatable bonds is 10. The molecule has 0 aliphatic heterocycles. The van der Waals surface area contributed by atoms with Crippen molar-refractivity contribution >= 4 is 11.3 Å². The maximum atomic E-state index is 5.87. The van der Waals surface area contributed by atoms with Gasteiger partial charge >= 0.3 is 0 Å². The summed E-state index contributed by atoms with van der Waals surface area (Å²) < 4.78 is 5.87. The lowest BCUT2D eigenvalue weighted by Gasteiger charge is -2.14. The number of nitrogens with one attached hydrogen (secondary N) is 1. The number of pyridine rings is 1. The Hall–Kier alpha value is -2.29. The molecule has 0 fully saturated rings. The van der Waals surface area contributed by atoms with Gasteiger partial charge < -0.3 is 10.1 Å². The second-order valence-corrected chi connectivity index (χ2v) is 6.45. The van der Waals surface area contributed by atoms with E-state index in [1.807, 2.05) is 19.3 Å². The molecule has 1 heterocycles. The normalized spacial score (nSPS) is 10.5. The fraction of sp³-hybridized carbons (Fsp3) is 0.409. The Balaban J connectivity index is 2.03. The minimum Gasteiger partial charge on any atom is -0.492 e. The van der Waals surface area contributed by atoms with E-state index in [1.54, 1.807) is 6.20 Å². The molecule has 2 rings (SSSR count). The van der Waals surface area contributed by atoms with Gasteiger partial charge in [0, 0.05) is 30.1 Å². The molecule has 1 aromatic carbocycles. The molecular weight excluding hydrogens is 308 g/mol. The molecule has 3 nitrogen and oxygen atoms in total. The lowest BCUT2D eigenvalue weighted by Crippen LogP contribution is -2.00. The van der Waals surface area contributed by atoms with Gasteiger partial charge in [0.15, 0.2) is 0 Å². The first kappa shape index (κ1) is 19.0. The van der Waals surface area contributed by atoms with E-state index >= 15 is 0 Å². The van der Waals surface area contributed by atoms with E-state index in [9.17, 15) is 0 Å². The third kappa shape index (κ3) is 5.63. The van der Waals surface area contributed by atoms with Crippen LogP contribution in [0.5, 0.6) is 5.75 Å². The number of aromatic nitrogens is 1. The molecule has 0 aliphatic rings. The van der Waals surface area contributed by atoms with E-state index in [4.69, 9.17) is 4.74 Å². The van der Waals surface area contributed by atoms with Crippen LogP contribution in [0.1, 0.15) is 55.7 Å². The van der Waals surface area contributed by atoms with Crippen molar-refractivity contribution in [2.75, 3.05) is 19.0 Å². The van der Waals surface area contributed by atoms with Crippen LogP contribution < -0.4 is 10.1 Å². The fourth-order valence-corrected chi connectivity index (χ4v) is 2.84. The third-order valence-corrected chi connectivity index (χ3v) is 4.35. The molecule has 1 aromatic heterocycles. The standard InChI is InChI=1S/C22H30N2O/c1-5-6-7-8-9-12-25-20-14-19(15-24-16-20)18(3)21-13-17(2)10-11-22(21)23-4/h10-11,13-16,23H,3,5-9,12H2,1-2,4H3. The van der Waals surface area contributed by atoms with Gasteiger partial charge in [-0.15, -0.1) is 0 Å². The Kier molecular flexibility index (Phi) is 7.52. The summed E-state index contributed by atoms with van der Waals surface area (Å²) in [4.78, 5) is 4.33. The SMILES string of the molecule is C=C(c1cncc(OCCCCCCC)c1)c1cc(C)ccc1NC. The summed E-state index contributed by atoms with van der Waals surface area (Å²) in [7, 11) is 1.93. The molecule has 0 spiro atoms. The third-order valence-electron chi connectivity index (χ3n) is 4.35. The summed E-state index contributed by atoms with van der Waals surface area (Å²) in [6.07, 6.45) is 9.80. The number of benzene rings is 1. The molecular formula is C22H30N2O. The lowest BCUT2D eigenvalue weighted by molar-refractivity contribution is 0.303. The monoisotopic (exact) mass is 338 g/mol. The fourth-order valence-electron chi connectivity index (χ4n) is 2.84. The van der Waals surface area contributed by atoms with Crippen LogP contribution in [0.15, 0.2) is 43.2 Å². The Bertz CT molecular complexity index is 694. The van der Waals surface area contributed by atoms with Crippen molar-refractivity contribution in [3.8, 4) is 5.75 Å². The summed E-state index contributed by atoms with van der Waals surface area (Å²) in [6.45, 7) is 9.34. The van der Waals surface area contributed by atoms with Gasteiger partial charge in [-0.3, -0.25) is 4.98 Å². The van der Waals surface area contributed by atoms with Crippen molar-refractivity contribution in [3.63, 3.8) is 0 Å². The van der Waals surface area contributed by atoms with Crippen LogP contribution in [0.4, 0.5) is 5.69 Å². The molecule has 25 heavy (non-hydrogen) atoms. The van der Waals surface area contributed by atoms with Gasteiger partial charge in [0.1, 0.15) is 5.75 Å². The van der Waals surface area contributed by atoms with E-state index in [2.05, 4.69) is 48.9 Å². The van der Waals surface area contributed by atoms with Crippen LogP contribution in [0, 0.1) is 6.92 Å². The summed E-state index contributed by atoms with van der Waals surface area (Å²) in [6, 6.07) is 8.36. The average molecular weight is 338 g/mol. The Morgan fingerprint density at radius 1 is 1.12 bits per heavy atom. The lowest BCUT2D eigenvalue weighted by atomic mass is 9.97. The van der Waals surface area contributed by atoms with Crippen molar-refractivity contribution < 1.29 is 4.74 Å². The van der Waals surface area contributed by atoms with Crippen molar-refractivity contribution in [2.45, 2.75) is 46.0 Å².